The van der Waals surface area contributed by atoms with Crippen molar-refractivity contribution in [2.75, 3.05) is 17.2 Å². The van der Waals surface area contributed by atoms with Crippen molar-refractivity contribution < 1.29 is 0 Å². The van der Waals surface area contributed by atoms with Crippen LogP contribution in [0, 0.1) is 5.92 Å². The summed E-state index contributed by atoms with van der Waals surface area (Å²) in [6, 6.07) is 0.538. The van der Waals surface area contributed by atoms with E-state index in [9.17, 15) is 0 Å². The van der Waals surface area contributed by atoms with Crippen LogP contribution in [0.3, 0.4) is 0 Å². The molecule has 1 aromatic heterocycles. The highest BCUT2D eigenvalue weighted by Crippen LogP contribution is 2.32. The number of hydrogen-bond donors (Lipinski definition) is 2. The summed E-state index contributed by atoms with van der Waals surface area (Å²) in [7, 11) is 0. The molecule has 2 atom stereocenters. The summed E-state index contributed by atoms with van der Waals surface area (Å²) >= 11 is 3.56. The highest BCUT2D eigenvalue weighted by molar-refractivity contribution is 9.10. The normalized spacial score (nSPS) is 23.7. The lowest BCUT2D eigenvalue weighted by atomic mass is 10.1. The van der Waals surface area contributed by atoms with Gasteiger partial charge in [-0.2, -0.15) is 0 Å². The van der Waals surface area contributed by atoms with Crippen LogP contribution in [0.2, 0.25) is 0 Å². The second-order valence-corrected chi connectivity index (χ2v) is 5.37. The van der Waals surface area contributed by atoms with Gasteiger partial charge in [-0.15, -0.1) is 0 Å². The number of nitrogens with zero attached hydrogens (tertiary/aromatic N) is 2. The van der Waals surface area contributed by atoms with Crippen LogP contribution >= 0.6 is 15.9 Å². The predicted octanol–water partition coefficient (Wildman–Crippen LogP) is 3.27. The molecule has 0 aliphatic heterocycles. The summed E-state index contributed by atoms with van der Waals surface area (Å²) in [6.45, 7) is 5.21. The van der Waals surface area contributed by atoms with Gasteiger partial charge in [-0.25, -0.2) is 9.97 Å². The molecule has 0 aromatic carbocycles. The first-order chi connectivity index (χ1) is 8.22. The standard InChI is InChI=1S/C12H19BrN4/c1-3-14-11-10(13)12(16-7-15-11)17-9-6-4-5-8(9)2/h7-9H,3-6H2,1-2H3,(H2,14,15,16,17). The van der Waals surface area contributed by atoms with Gasteiger partial charge in [-0.05, 0) is 41.6 Å². The van der Waals surface area contributed by atoms with Crippen molar-refractivity contribution in [1.82, 2.24) is 9.97 Å². The molecule has 4 nitrogen and oxygen atoms in total. The summed E-state index contributed by atoms with van der Waals surface area (Å²) in [6.07, 6.45) is 5.45. The zero-order valence-electron chi connectivity index (χ0n) is 10.3. The number of nitrogens with one attached hydrogen (secondary N) is 2. The zero-order valence-corrected chi connectivity index (χ0v) is 11.9. The Morgan fingerprint density at radius 1 is 1.35 bits per heavy atom. The van der Waals surface area contributed by atoms with Crippen molar-refractivity contribution >= 4 is 27.6 Å². The molecule has 0 spiro atoms. The molecule has 1 fully saturated rings. The Labute approximate surface area is 111 Å². The summed E-state index contributed by atoms with van der Waals surface area (Å²) in [5.41, 5.74) is 0. The fourth-order valence-electron chi connectivity index (χ4n) is 2.30. The Morgan fingerprint density at radius 3 is 2.76 bits per heavy atom. The highest BCUT2D eigenvalue weighted by atomic mass is 79.9. The van der Waals surface area contributed by atoms with E-state index in [0.29, 0.717) is 6.04 Å². The van der Waals surface area contributed by atoms with E-state index in [1.165, 1.54) is 19.3 Å². The Kier molecular flexibility index (Phi) is 4.20. The monoisotopic (exact) mass is 298 g/mol. The molecule has 2 rings (SSSR count). The molecule has 1 saturated carbocycles. The number of rotatable bonds is 4. The van der Waals surface area contributed by atoms with Crippen molar-refractivity contribution in [3.63, 3.8) is 0 Å². The van der Waals surface area contributed by atoms with Gasteiger partial charge in [0.25, 0.3) is 0 Å². The van der Waals surface area contributed by atoms with Gasteiger partial charge in [-0.3, -0.25) is 0 Å². The summed E-state index contributed by atoms with van der Waals surface area (Å²) < 4.78 is 0.931. The van der Waals surface area contributed by atoms with E-state index >= 15 is 0 Å². The molecule has 0 radical (unpaired) electrons. The highest BCUT2D eigenvalue weighted by Gasteiger charge is 2.24. The molecule has 1 aliphatic rings. The molecule has 2 unspecified atom stereocenters. The number of aromatic nitrogens is 2. The maximum absolute atomic E-state index is 4.31. The fourth-order valence-corrected chi connectivity index (χ4v) is 2.76. The lowest BCUT2D eigenvalue weighted by Gasteiger charge is -2.19. The van der Waals surface area contributed by atoms with Crippen molar-refractivity contribution in [3.8, 4) is 0 Å². The second kappa shape index (κ2) is 5.67. The SMILES string of the molecule is CCNc1ncnc(NC2CCCC2C)c1Br. The Morgan fingerprint density at radius 2 is 2.12 bits per heavy atom. The Bertz CT molecular complexity index is 383. The van der Waals surface area contributed by atoms with E-state index in [0.717, 1.165) is 28.6 Å². The van der Waals surface area contributed by atoms with Crippen LogP contribution < -0.4 is 10.6 Å². The molecule has 0 saturated heterocycles. The minimum Gasteiger partial charge on any atom is -0.369 e. The first kappa shape index (κ1) is 12.6. The maximum Gasteiger partial charge on any atom is 0.146 e. The van der Waals surface area contributed by atoms with Crippen LogP contribution in [-0.4, -0.2) is 22.6 Å². The van der Waals surface area contributed by atoms with E-state index in [1.807, 2.05) is 0 Å². The number of halogens is 1. The Balaban J connectivity index is 2.12. The fraction of sp³-hybridized carbons (Fsp3) is 0.667. The molecular formula is C12H19BrN4. The van der Waals surface area contributed by atoms with Gasteiger partial charge in [-0.1, -0.05) is 13.3 Å². The molecule has 5 heteroatoms. The topological polar surface area (TPSA) is 49.8 Å². The van der Waals surface area contributed by atoms with Crippen LogP contribution in [0.5, 0.6) is 0 Å². The maximum atomic E-state index is 4.31. The van der Waals surface area contributed by atoms with Gasteiger partial charge in [0.1, 0.15) is 22.4 Å². The van der Waals surface area contributed by atoms with Crippen LogP contribution in [0.25, 0.3) is 0 Å². The van der Waals surface area contributed by atoms with E-state index < -0.39 is 0 Å². The zero-order chi connectivity index (χ0) is 12.3. The minimum atomic E-state index is 0.538. The van der Waals surface area contributed by atoms with Crippen LogP contribution in [0.15, 0.2) is 10.8 Å². The number of anilines is 2. The van der Waals surface area contributed by atoms with Crippen LogP contribution in [0.4, 0.5) is 11.6 Å². The first-order valence-electron chi connectivity index (χ1n) is 6.23. The molecule has 1 aliphatic carbocycles. The number of hydrogen-bond acceptors (Lipinski definition) is 4. The molecule has 0 bridgehead atoms. The third-order valence-electron chi connectivity index (χ3n) is 3.32. The minimum absolute atomic E-state index is 0.538. The van der Waals surface area contributed by atoms with E-state index in [-0.39, 0.29) is 0 Å². The summed E-state index contributed by atoms with van der Waals surface area (Å²) in [5, 5.41) is 6.73. The lowest BCUT2D eigenvalue weighted by molar-refractivity contribution is 0.554. The molecule has 17 heavy (non-hydrogen) atoms. The van der Waals surface area contributed by atoms with Crippen LogP contribution in [-0.2, 0) is 0 Å². The van der Waals surface area contributed by atoms with Crippen LogP contribution in [0.1, 0.15) is 33.1 Å². The van der Waals surface area contributed by atoms with Gasteiger partial charge < -0.3 is 10.6 Å². The summed E-state index contributed by atoms with van der Waals surface area (Å²) in [5.74, 6) is 2.48. The summed E-state index contributed by atoms with van der Waals surface area (Å²) in [4.78, 5) is 8.52. The van der Waals surface area contributed by atoms with Crippen molar-refractivity contribution in [2.24, 2.45) is 5.92 Å². The van der Waals surface area contributed by atoms with E-state index in [1.54, 1.807) is 6.33 Å². The third-order valence-corrected chi connectivity index (χ3v) is 4.07. The average Bonchev–Trinajstić information content (AvgIpc) is 2.70. The van der Waals surface area contributed by atoms with Gasteiger partial charge in [0.15, 0.2) is 0 Å². The van der Waals surface area contributed by atoms with Gasteiger partial charge in [0.2, 0.25) is 0 Å². The smallest absolute Gasteiger partial charge is 0.146 e. The molecule has 2 N–H and O–H groups in total. The molecular weight excluding hydrogens is 280 g/mol. The molecule has 0 amide bonds. The quantitative estimate of drug-likeness (QED) is 0.896. The van der Waals surface area contributed by atoms with Gasteiger partial charge in [0.05, 0.1) is 0 Å². The van der Waals surface area contributed by atoms with E-state index in [4.69, 9.17) is 0 Å². The molecule has 1 heterocycles. The van der Waals surface area contributed by atoms with Gasteiger partial charge >= 0.3 is 0 Å². The molecule has 94 valence electrons. The van der Waals surface area contributed by atoms with Crippen molar-refractivity contribution in [3.05, 3.63) is 10.8 Å². The third kappa shape index (κ3) is 2.89. The van der Waals surface area contributed by atoms with E-state index in [2.05, 4.69) is 50.4 Å². The predicted molar refractivity (Wildman–Crippen MR) is 74.3 cm³/mol. The second-order valence-electron chi connectivity index (χ2n) is 4.57. The Hall–Kier alpha value is -0.840. The van der Waals surface area contributed by atoms with Crippen molar-refractivity contribution in [1.29, 1.82) is 0 Å². The molecule has 1 aromatic rings. The lowest BCUT2D eigenvalue weighted by Crippen LogP contribution is -2.23. The largest absolute Gasteiger partial charge is 0.369 e. The average molecular weight is 299 g/mol. The van der Waals surface area contributed by atoms with Crippen molar-refractivity contribution in [2.45, 2.75) is 39.2 Å². The first-order valence-corrected chi connectivity index (χ1v) is 7.02. The van der Waals surface area contributed by atoms with Gasteiger partial charge in [0, 0.05) is 12.6 Å².